The van der Waals surface area contributed by atoms with E-state index in [2.05, 4.69) is 74.9 Å². The number of benzene rings is 3. The summed E-state index contributed by atoms with van der Waals surface area (Å²) in [7, 11) is 1.59. The largest absolute Gasteiger partial charge is 0.512 e. The molecule has 0 fully saturated rings. The van der Waals surface area contributed by atoms with Gasteiger partial charge in [-0.2, -0.15) is 4.57 Å². The lowest BCUT2D eigenvalue weighted by atomic mass is 9.62. The van der Waals surface area contributed by atoms with Crippen molar-refractivity contribution in [3.8, 4) is 11.3 Å². The highest BCUT2D eigenvalue weighted by molar-refractivity contribution is 6.11. The van der Waals surface area contributed by atoms with Crippen LogP contribution in [0.4, 0.5) is 4.39 Å². The fourth-order valence-electron chi connectivity index (χ4n) is 5.71. The average Bonchev–Trinajstić information content (AvgIpc) is 2.81. The van der Waals surface area contributed by atoms with Crippen molar-refractivity contribution in [2.75, 3.05) is 7.11 Å². The van der Waals surface area contributed by atoms with Crippen molar-refractivity contribution in [1.29, 1.82) is 0 Å². The van der Waals surface area contributed by atoms with Crippen LogP contribution in [0.25, 0.3) is 32.8 Å². The summed E-state index contributed by atoms with van der Waals surface area (Å²) in [6.07, 6.45) is 3.70. The van der Waals surface area contributed by atoms with E-state index in [0.29, 0.717) is 17.7 Å². The third kappa shape index (κ3) is 2.97. The van der Waals surface area contributed by atoms with Gasteiger partial charge >= 0.3 is 0 Å². The number of aryl methyl sites for hydroxylation is 2. The number of pyridine rings is 1. The van der Waals surface area contributed by atoms with E-state index < -0.39 is 5.54 Å². The SMILES string of the molecule is CO/C(=C\O)CC1(C)[n+]2ccc3c(ccc4cc(C)c(F)cc43)c2-c2cc(C)ccc2C1(C)C. The quantitative estimate of drug-likeness (QED) is 0.202. The van der Waals surface area contributed by atoms with Crippen molar-refractivity contribution in [3.05, 3.63) is 89.3 Å². The molecule has 4 heteroatoms. The van der Waals surface area contributed by atoms with E-state index in [-0.39, 0.29) is 11.2 Å². The monoisotopic (exact) mass is 456 g/mol. The van der Waals surface area contributed by atoms with Crippen molar-refractivity contribution in [3.63, 3.8) is 0 Å². The second-order valence-corrected chi connectivity index (χ2v) is 10.3. The van der Waals surface area contributed by atoms with Gasteiger partial charge in [-0.3, -0.25) is 0 Å². The van der Waals surface area contributed by atoms with Crippen LogP contribution in [-0.4, -0.2) is 12.2 Å². The molecule has 4 aromatic rings. The van der Waals surface area contributed by atoms with Gasteiger partial charge in [-0.1, -0.05) is 23.8 Å². The Balaban J connectivity index is 1.93. The summed E-state index contributed by atoms with van der Waals surface area (Å²) in [5.41, 5.74) is 4.68. The number of allylic oxidation sites excluding steroid dienone is 1. The first-order valence-corrected chi connectivity index (χ1v) is 11.7. The molecule has 34 heavy (non-hydrogen) atoms. The van der Waals surface area contributed by atoms with E-state index in [1.54, 1.807) is 20.1 Å². The number of rotatable bonds is 3. The zero-order chi connectivity index (χ0) is 24.4. The third-order valence-electron chi connectivity index (χ3n) is 8.13. The van der Waals surface area contributed by atoms with Crippen molar-refractivity contribution in [2.45, 2.75) is 52.0 Å². The van der Waals surface area contributed by atoms with E-state index in [4.69, 9.17) is 4.74 Å². The van der Waals surface area contributed by atoms with Crippen LogP contribution >= 0.6 is 0 Å². The molecule has 3 aromatic carbocycles. The Hall–Kier alpha value is -3.40. The van der Waals surface area contributed by atoms with E-state index in [9.17, 15) is 9.50 Å². The van der Waals surface area contributed by atoms with Crippen molar-refractivity contribution in [2.24, 2.45) is 0 Å². The van der Waals surface area contributed by atoms with Crippen LogP contribution in [0.2, 0.25) is 0 Å². The van der Waals surface area contributed by atoms with Crippen LogP contribution in [0, 0.1) is 19.7 Å². The Kier molecular flexibility index (Phi) is 4.98. The van der Waals surface area contributed by atoms with Crippen molar-refractivity contribution >= 4 is 21.5 Å². The van der Waals surface area contributed by atoms with Gasteiger partial charge < -0.3 is 9.84 Å². The standard InChI is InChI=1S/C30H30FNO2/c1-18-7-10-26-25(13-18)28-23-9-8-20-14-19(2)27(31)15-24(20)22(23)11-12-32(28)30(5,29(26,3)4)16-21(17-33)34-6/h7-15,17H,16H2,1-6H3/p+1/b21-17-. The van der Waals surface area contributed by atoms with Gasteiger partial charge in [0.25, 0.3) is 0 Å². The van der Waals surface area contributed by atoms with Crippen LogP contribution in [0.1, 0.15) is 43.9 Å². The molecule has 1 aliphatic heterocycles. The second kappa shape index (κ2) is 7.56. The Morgan fingerprint density at radius 2 is 1.76 bits per heavy atom. The maximum Gasteiger partial charge on any atom is 0.221 e. The van der Waals surface area contributed by atoms with Gasteiger partial charge in [-0.25, -0.2) is 4.39 Å². The summed E-state index contributed by atoms with van der Waals surface area (Å²) in [5, 5.41) is 13.9. The molecular weight excluding hydrogens is 425 g/mol. The molecule has 0 bridgehead atoms. The highest BCUT2D eigenvalue weighted by Crippen LogP contribution is 2.50. The van der Waals surface area contributed by atoms with Crippen LogP contribution in [0.15, 0.2) is 66.7 Å². The zero-order valence-electron chi connectivity index (χ0n) is 20.7. The van der Waals surface area contributed by atoms with Gasteiger partial charge in [0.05, 0.1) is 29.9 Å². The zero-order valence-corrected chi connectivity index (χ0v) is 20.7. The predicted octanol–water partition coefficient (Wildman–Crippen LogP) is 7.15. The smallest absolute Gasteiger partial charge is 0.221 e. The first-order valence-electron chi connectivity index (χ1n) is 11.7. The average molecular weight is 457 g/mol. The number of hydrogen-bond donors (Lipinski definition) is 1. The number of aliphatic hydroxyl groups excluding tert-OH is 1. The number of aliphatic hydroxyl groups is 1. The van der Waals surface area contributed by atoms with Crippen LogP contribution in [-0.2, 0) is 15.7 Å². The molecule has 2 heterocycles. The maximum atomic E-state index is 14.6. The first-order chi connectivity index (χ1) is 16.1. The molecule has 0 saturated carbocycles. The normalized spacial score (nSPS) is 19.2. The summed E-state index contributed by atoms with van der Waals surface area (Å²) >= 11 is 0. The van der Waals surface area contributed by atoms with Gasteiger partial charge in [0, 0.05) is 18.4 Å². The molecule has 0 radical (unpaired) electrons. The Morgan fingerprint density at radius 3 is 2.47 bits per heavy atom. The van der Waals surface area contributed by atoms with E-state index in [1.807, 2.05) is 6.07 Å². The fraction of sp³-hybridized carbons (Fsp3) is 0.300. The number of ether oxygens (including phenoxy) is 1. The Bertz CT molecular complexity index is 1500. The molecule has 5 rings (SSSR count). The molecule has 1 atom stereocenters. The lowest BCUT2D eigenvalue weighted by Crippen LogP contribution is -2.67. The number of halogens is 1. The number of hydrogen-bond acceptors (Lipinski definition) is 2. The minimum absolute atomic E-state index is 0.189. The number of aromatic nitrogens is 1. The summed E-state index contributed by atoms with van der Waals surface area (Å²) < 4.78 is 22.4. The summed E-state index contributed by atoms with van der Waals surface area (Å²) in [6, 6.07) is 16.6. The van der Waals surface area contributed by atoms with Crippen molar-refractivity contribution < 1.29 is 18.8 Å². The molecule has 3 nitrogen and oxygen atoms in total. The van der Waals surface area contributed by atoms with E-state index in [0.717, 1.165) is 33.5 Å². The van der Waals surface area contributed by atoms with Crippen LogP contribution < -0.4 is 4.57 Å². The van der Waals surface area contributed by atoms with E-state index >= 15 is 0 Å². The fourth-order valence-corrected chi connectivity index (χ4v) is 5.71. The number of nitrogens with zero attached hydrogens (tertiary/aromatic N) is 1. The Labute approximate surface area is 200 Å². The predicted molar refractivity (Wildman–Crippen MR) is 136 cm³/mol. The number of methoxy groups -OCH3 is 1. The third-order valence-corrected chi connectivity index (χ3v) is 8.13. The van der Waals surface area contributed by atoms with Crippen LogP contribution in [0.3, 0.4) is 0 Å². The molecule has 0 aliphatic carbocycles. The van der Waals surface area contributed by atoms with Crippen LogP contribution in [0.5, 0.6) is 0 Å². The van der Waals surface area contributed by atoms with Gasteiger partial charge in [-0.05, 0) is 73.9 Å². The summed E-state index contributed by atoms with van der Waals surface area (Å²) in [5.74, 6) is 0.339. The second-order valence-electron chi connectivity index (χ2n) is 10.3. The molecule has 0 amide bonds. The lowest BCUT2D eigenvalue weighted by Gasteiger charge is -2.45. The minimum atomic E-state index is -0.434. The number of fused-ring (bicyclic) bond motifs is 7. The van der Waals surface area contributed by atoms with Gasteiger partial charge in [0.1, 0.15) is 17.8 Å². The Morgan fingerprint density at radius 1 is 1.00 bits per heavy atom. The van der Waals surface area contributed by atoms with Gasteiger partial charge in [-0.15, -0.1) is 0 Å². The maximum absolute atomic E-state index is 14.6. The highest BCUT2D eigenvalue weighted by Gasteiger charge is 2.56. The molecule has 1 aromatic heterocycles. The highest BCUT2D eigenvalue weighted by atomic mass is 19.1. The summed E-state index contributed by atoms with van der Waals surface area (Å²) in [6.45, 7) is 10.6. The summed E-state index contributed by atoms with van der Waals surface area (Å²) in [4.78, 5) is 0. The van der Waals surface area contributed by atoms with E-state index in [1.165, 1.54) is 16.7 Å². The topological polar surface area (TPSA) is 33.3 Å². The van der Waals surface area contributed by atoms with Gasteiger partial charge in [0.15, 0.2) is 11.7 Å². The minimum Gasteiger partial charge on any atom is -0.512 e. The molecule has 0 saturated heterocycles. The first kappa shape index (κ1) is 22.4. The molecule has 0 spiro atoms. The lowest BCUT2D eigenvalue weighted by molar-refractivity contribution is -0.763. The molecule has 1 unspecified atom stereocenters. The molecule has 1 aliphatic rings. The van der Waals surface area contributed by atoms with Gasteiger partial charge in [0.2, 0.25) is 5.69 Å². The molecular formula is C30H31FNO2+. The molecule has 1 N–H and O–H groups in total. The molecule has 174 valence electrons. The van der Waals surface area contributed by atoms with Crippen molar-refractivity contribution in [1.82, 2.24) is 0 Å².